The van der Waals surface area contributed by atoms with Crippen LogP contribution in [0.25, 0.3) is 0 Å². The molecule has 0 fully saturated rings. The standard InChI is InChI=1S/C11H14N4OS/c1-9(10-3-2-6-17-10)14-11(16)4-5-15-8-12-7-13-15/h2-3,6-9H,4-5H2,1H3,(H,14,16)/t9-/m0/s1. The zero-order chi connectivity index (χ0) is 12.1. The first-order valence-corrected chi connectivity index (χ1v) is 6.29. The molecule has 0 radical (unpaired) electrons. The lowest BCUT2D eigenvalue weighted by atomic mass is 10.2. The number of nitrogens with one attached hydrogen (secondary N) is 1. The number of nitrogens with zero attached hydrogens (tertiary/aromatic N) is 3. The predicted octanol–water partition coefficient (Wildman–Crippen LogP) is 1.61. The van der Waals surface area contributed by atoms with E-state index in [1.54, 1.807) is 22.3 Å². The Morgan fingerprint density at radius 1 is 1.65 bits per heavy atom. The second kappa shape index (κ2) is 5.58. The van der Waals surface area contributed by atoms with Crippen molar-refractivity contribution in [2.45, 2.75) is 25.9 Å². The largest absolute Gasteiger partial charge is 0.349 e. The maximum Gasteiger partial charge on any atom is 0.222 e. The number of carbonyl (C=O) groups is 1. The lowest BCUT2D eigenvalue weighted by Crippen LogP contribution is -2.27. The monoisotopic (exact) mass is 250 g/mol. The fourth-order valence-electron chi connectivity index (χ4n) is 1.49. The van der Waals surface area contributed by atoms with Gasteiger partial charge in [0.15, 0.2) is 0 Å². The molecule has 17 heavy (non-hydrogen) atoms. The van der Waals surface area contributed by atoms with Gasteiger partial charge in [0.05, 0.1) is 12.6 Å². The lowest BCUT2D eigenvalue weighted by molar-refractivity contribution is -0.122. The molecular formula is C11H14N4OS. The zero-order valence-corrected chi connectivity index (χ0v) is 10.4. The number of thiophene rings is 1. The van der Waals surface area contributed by atoms with Crippen LogP contribution in [0.5, 0.6) is 0 Å². The van der Waals surface area contributed by atoms with Gasteiger partial charge in [0, 0.05) is 11.3 Å². The van der Waals surface area contributed by atoms with Gasteiger partial charge < -0.3 is 5.32 Å². The summed E-state index contributed by atoms with van der Waals surface area (Å²) in [6, 6.07) is 4.07. The highest BCUT2D eigenvalue weighted by Crippen LogP contribution is 2.17. The molecule has 0 spiro atoms. The Bertz CT molecular complexity index is 452. The summed E-state index contributed by atoms with van der Waals surface area (Å²) in [6.45, 7) is 2.54. The van der Waals surface area contributed by atoms with E-state index in [2.05, 4.69) is 15.4 Å². The fourth-order valence-corrected chi connectivity index (χ4v) is 2.22. The second-order valence-corrected chi connectivity index (χ2v) is 4.69. The molecule has 0 saturated heterocycles. The Hall–Kier alpha value is -1.69. The van der Waals surface area contributed by atoms with Gasteiger partial charge in [-0.25, -0.2) is 4.98 Å². The van der Waals surface area contributed by atoms with Crippen molar-refractivity contribution in [3.63, 3.8) is 0 Å². The van der Waals surface area contributed by atoms with Crippen LogP contribution >= 0.6 is 11.3 Å². The summed E-state index contributed by atoms with van der Waals surface area (Å²) >= 11 is 1.65. The molecule has 2 rings (SSSR count). The summed E-state index contributed by atoms with van der Waals surface area (Å²) in [4.78, 5) is 16.7. The molecule has 0 bridgehead atoms. The van der Waals surface area contributed by atoms with E-state index in [9.17, 15) is 4.79 Å². The Balaban J connectivity index is 1.77. The highest BCUT2D eigenvalue weighted by Gasteiger charge is 2.10. The van der Waals surface area contributed by atoms with Crippen molar-refractivity contribution in [2.24, 2.45) is 0 Å². The molecule has 6 heteroatoms. The third-order valence-corrected chi connectivity index (χ3v) is 3.44. The molecule has 1 N–H and O–H groups in total. The van der Waals surface area contributed by atoms with Gasteiger partial charge >= 0.3 is 0 Å². The van der Waals surface area contributed by atoms with E-state index in [0.29, 0.717) is 13.0 Å². The quantitative estimate of drug-likeness (QED) is 0.877. The molecule has 0 unspecified atom stereocenters. The van der Waals surface area contributed by atoms with E-state index in [-0.39, 0.29) is 11.9 Å². The van der Waals surface area contributed by atoms with Crippen LogP contribution in [0, 0.1) is 0 Å². The Labute approximate surface area is 103 Å². The average molecular weight is 250 g/mol. The molecule has 1 amide bonds. The van der Waals surface area contributed by atoms with Crippen molar-refractivity contribution >= 4 is 17.2 Å². The molecule has 1 atom stereocenters. The van der Waals surface area contributed by atoms with Gasteiger partial charge in [-0.15, -0.1) is 11.3 Å². The summed E-state index contributed by atoms with van der Waals surface area (Å²) in [6.07, 6.45) is 3.49. The van der Waals surface area contributed by atoms with Crippen LogP contribution in [-0.2, 0) is 11.3 Å². The average Bonchev–Trinajstić information content (AvgIpc) is 2.99. The summed E-state index contributed by atoms with van der Waals surface area (Å²) in [5.41, 5.74) is 0. The van der Waals surface area contributed by atoms with Gasteiger partial charge in [0.25, 0.3) is 0 Å². The zero-order valence-electron chi connectivity index (χ0n) is 9.54. The third kappa shape index (κ3) is 3.39. The van der Waals surface area contributed by atoms with Crippen LogP contribution in [0.1, 0.15) is 24.3 Å². The normalized spacial score (nSPS) is 12.3. The van der Waals surface area contributed by atoms with Crippen LogP contribution < -0.4 is 5.32 Å². The second-order valence-electron chi connectivity index (χ2n) is 3.71. The maximum atomic E-state index is 11.7. The number of aromatic nitrogens is 3. The third-order valence-electron chi connectivity index (χ3n) is 2.38. The Morgan fingerprint density at radius 3 is 3.18 bits per heavy atom. The summed E-state index contributed by atoms with van der Waals surface area (Å²) < 4.78 is 1.65. The van der Waals surface area contributed by atoms with E-state index in [0.717, 1.165) is 0 Å². The van der Waals surface area contributed by atoms with Gasteiger partial charge in [-0.3, -0.25) is 9.48 Å². The summed E-state index contributed by atoms with van der Waals surface area (Å²) in [5.74, 6) is 0.0291. The first-order valence-electron chi connectivity index (χ1n) is 5.41. The molecule has 90 valence electrons. The first-order chi connectivity index (χ1) is 8.25. The molecule has 0 aliphatic heterocycles. The van der Waals surface area contributed by atoms with Crippen LogP contribution in [0.4, 0.5) is 0 Å². The molecule has 2 heterocycles. The molecule has 2 aromatic rings. The topological polar surface area (TPSA) is 59.8 Å². The van der Waals surface area contributed by atoms with Crippen LogP contribution in [0.2, 0.25) is 0 Å². The minimum absolute atomic E-state index is 0.0291. The van der Waals surface area contributed by atoms with Gasteiger partial charge in [0.2, 0.25) is 5.91 Å². The smallest absolute Gasteiger partial charge is 0.222 e. The van der Waals surface area contributed by atoms with Crippen molar-refractivity contribution in [3.8, 4) is 0 Å². The number of carbonyl (C=O) groups excluding carboxylic acids is 1. The predicted molar refractivity (Wildman–Crippen MR) is 65.5 cm³/mol. The summed E-state index contributed by atoms with van der Waals surface area (Å²) in [7, 11) is 0. The van der Waals surface area contributed by atoms with Crippen LogP contribution in [-0.4, -0.2) is 20.7 Å². The lowest BCUT2D eigenvalue weighted by Gasteiger charge is -2.11. The molecule has 5 nitrogen and oxygen atoms in total. The maximum absolute atomic E-state index is 11.7. The molecule has 0 saturated carbocycles. The van der Waals surface area contributed by atoms with E-state index < -0.39 is 0 Å². The van der Waals surface area contributed by atoms with Crippen molar-refractivity contribution in [3.05, 3.63) is 35.0 Å². The highest BCUT2D eigenvalue weighted by molar-refractivity contribution is 7.10. The van der Waals surface area contributed by atoms with Gasteiger partial charge in [-0.1, -0.05) is 6.07 Å². The first kappa shape index (κ1) is 11.8. The van der Waals surface area contributed by atoms with Crippen LogP contribution in [0.3, 0.4) is 0 Å². The van der Waals surface area contributed by atoms with E-state index >= 15 is 0 Å². The number of hydrogen-bond donors (Lipinski definition) is 1. The van der Waals surface area contributed by atoms with Gasteiger partial charge in [-0.05, 0) is 18.4 Å². The molecule has 2 aromatic heterocycles. The van der Waals surface area contributed by atoms with Crippen molar-refractivity contribution in [2.75, 3.05) is 0 Å². The molecule has 0 aliphatic rings. The number of hydrogen-bond acceptors (Lipinski definition) is 4. The Morgan fingerprint density at radius 2 is 2.53 bits per heavy atom. The fraction of sp³-hybridized carbons (Fsp3) is 0.364. The minimum atomic E-state index is 0.0291. The number of rotatable bonds is 5. The van der Waals surface area contributed by atoms with Crippen LogP contribution in [0.15, 0.2) is 30.2 Å². The van der Waals surface area contributed by atoms with Crippen molar-refractivity contribution in [1.29, 1.82) is 0 Å². The highest BCUT2D eigenvalue weighted by atomic mass is 32.1. The van der Waals surface area contributed by atoms with E-state index in [1.165, 1.54) is 11.2 Å². The van der Waals surface area contributed by atoms with Gasteiger partial charge in [0.1, 0.15) is 12.7 Å². The minimum Gasteiger partial charge on any atom is -0.349 e. The van der Waals surface area contributed by atoms with Crippen molar-refractivity contribution in [1.82, 2.24) is 20.1 Å². The number of aryl methyl sites for hydroxylation is 1. The summed E-state index contributed by atoms with van der Waals surface area (Å²) in [5, 5.41) is 8.91. The molecular weight excluding hydrogens is 236 g/mol. The van der Waals surface area contributed by atoms with Gasteiger partial charge in [-0.2, -0.15) is 5.10 Å². The van der Waals surface area contributed by atoms with E-state index in [1.807, 2.05) is 24.4 Å². The Kier molecular flexibility index (Phi) is 3.87. The number of amides is 1. The SMILES string of the molecule is C[C@H](NC(=O)CCn1cncn1)c1cccs1. The molecule has 0 aliphatic carbocycles. The van der Waals surface area contributed by atoms with Crippen molar-refractivity contribution < 1.29 is 4.79 Å². The molecule has 0 aromatic carbocycles. The van der Waals surface area contributed by atoms with E-state index in [4.69, 9.17) is 0 Å².